The first-order valence-corrected chi connectivity index (χ1v) is 23.6. The minimum Gasteiger partial charge on any atom is -0.462 e. The van der Waals surface area contributed by atoms with Crippen LogP contribution in [0.5, 0.6) is 0 Å². The first kappa shape index (κ1) is 55.9. The van der Waals surface area contributed by atoms with Gasteiger partial charge in [-0.1, -0.05) is 143 Å². The van der Waals surface area contributed by atoms with Crippen molar-refractivity contribution in [2.24, 2.45) is 0 Å². The highest BCUT2D eigenvalue weighted by Crippen LogP contribution is 2.43. The lowest BCUT2D eigenvalue weighted by atomic mass is 10.1. The van der Waals surface area contributed by atoms with Crippen molar-refractivity contribution in [2.45, 2.75) is 148 Å². The van der Waals surface area contributed by atoms with Crippen LogP contribution in [-0.4, -0.2) is 86.1 Å². The Hall–Kier alpha value is -3.11. The van der Waals surface area contributed by atoms with Crippen molar-refractivity contribution in [2.75, 3.05) is 47.5 Å². The summed E-state index contributed by atoms with van der Waals surface area (Å²) in [7, 11) is 1.33. The third-order valence-electron chi connectivity index (χ3n) is 8.70. The van der Waals surface area contributed by atoms with Crippen LogP contribution < -0.4 is 0 Å². The second-order valence-corrected chi connectivity index (χ2v) is 17.0. The number of quaternary nitrogens is 1. The van der Waals surface area contributed by atoms with E-state index in [-0.39, 0.29) is 26.1 Å². The molecule has 0 aliphatic carbocycles. The zero-order valence-corrected chi connectivity index (χ0v) is 38.2. The molecule has 0 bridgehead atoms. The van der Waals surface area contributed by atoms with Crippen molar-refractivity contribution in [1.29, 1.82) is 0 Å². The molecule has 0 rings (SSSR count). The van der Waals surface area contributed by atoms with Crippen LogP contribution in [0.4, 0.5) is 0 Å². The Kier molecular flexibility index (Phi) is 37.0. The molecule has 0 aromatic rings. The molecular weight excluding hydrogens is 765 g/mol. The van der Waals surface area contributed by atoms with E-state index >= 15 is 0 Å². The average Bonchev–Trinajstić information content (AvgIpc) is 3.18. The van der Waals surface area contributed by atoms with Crippen LogP contribution in [0.1, 0.15) is 136 Å². The zero-order chi connectivity index (χ0) is 43.7. The van der Waals surface area contributed by atoms with Crippen LogP contribution in [0, 0.1) is 0 Å². The maximum absolute atomic E-state index is 12.7. The van der Waals surface area contributed by atoms with E-state index in [9.17, 15) is 24.2 Å². The van der Waals surface area contributed by atoms with Crippen molar-refractivity contribution in [3.8, 4) is 0 Å². The van der Waals surface area contributed by atoms with Gasteiger partial charge in [-0.3, -0.25) is 18.6 Å². The van der Waals surface area contributed by atoms with E-state index in [1.807, 2.05) is 39.4 Å². The largest absolute Gasteiger partial charge is 0.472 e. The van der Waals surface area contributed by atoms with Crippen molar-refractivity contribution in [1.82, 2.24) is 0 Å². The Balaban J connectivity index is 4.66. The number of unbranched alkanes of at least 4 members (excludes halogenated alkanes) is 7. The smallest absolute Gasteiger partial charge is 0.462 e. The monoisotopic (exact) mass is 847 g/mol. The molecule has 0 amide bonds. The number of phosphoric acid groups is 1. The Morgan fingerprint density at radius 2 is 1.17 bits per heavy atom. The van der Waals surface area contributed by atoms with Gasteiger partial charge < -0.3 is 24.0 Å². The minimum atomic E-state index is -4.44. The van der Waals surface area contributed by atoms with E-state index < -0.39 is 38.6 Å². The number of hydrogen-bond acceptors (Lipinski definition) is 8. The van der Waals surface area contributed by atoms with Crippen LogP contribution >= 0.6 is 7.82 Å². The molecule has 3 atom stereocenters. The van der Waals surface area contributed by atoms with Gasteiger partial charge in [-0.2, -0.15) is 0 Å². The molecule has 59 heavy (non-hydrogen) atoms. The molecule has 0 heterocycles. The maximum atomic E-state index is 12.7. The van der Waals surface area contributed by atoms with Gasteiger partial charge in [-0.15, -0.1) is 0 Å². The van der Waals surface area contributed by atoms with E-state index in [4.69, 9.17) is 18.5 Å². The van der Waals surface area contributed by atoms with E-state index in [2.05, 4.69) is 80.7 Å². The van der Waals surface area contributed by atoms with Crippen molar-refractivity contribution < 1.29 is 47.2 Å². The second-order valence-electron chi connectivity index (χ2n) is 15.5. The SMILES string of the molecule is CC/C=C\C/C=C\C/C=C\C/C=C\C=C\C(O)CCCC(=O)OC[C@H](COP(=O)(O)OCC[N+](C)(C)C)OC(=O)CCC/C=C\C/C=C\C/C=C\CCCCCCCC. The van der Waals surface area contributed by atoms with Gasteiger partial charge in [0.25, 0.3) is 0 Å². The van der Waals surface area contributed by atoms with Gasteiger partial charge >= 0.3 is 19.8 Å². The second kappa shape index (κ2) is 39.1. The lowest BCUT2D eigenvalue weighted by Crippen LogP contribution is -2.37. The summed E-state index contributed by atoms with van der Waals surface area (Å²) in [4.78, 5) is 35.4. The number of allylic oxidation sites excluding steroid dienone is 15. The van der Waals surface area contributed by atoms with Crippen molar-refractivity contribution in [3.63, 3.8) is 0 Å². The van der Waals surface area contributed by atoms with Crippen molar-refractivity contribution >= 4 is 19.8 Å². The molecule has 0 aromatic carbocycles. The number of rotatable bonds is 38. The summed E-state index contributed by atoms with van der Waals surface area (Å²) in [5, 5.41) is 10.3. The highest BCUT2D eigenvalue weighted by molar-refractivity contribution is 7.47. The number of aliphatic hydroxyl groups is 1. The Morgan fingerprint density at radius 1 is 0.627 bits per heavy atom. The first-order valence-electron chi connectivity index (χ1n) is 22.1. The van der Waals surface area contributed by atoms with E-state index in [1.54, 1.807) is 12.2 Å². The summed E-state index contributed by atoms with van der Waals surface area (Å²) in [5.74, 6) is -1.08. The van der Waals surface area contributed by atoms with Gasteiger partial charge in [-0.25, -0.2) is 4.57 Å². The van der Waals surface area contributed by atoms with Crippen molar-refractivity contribution in [3.05, 3.63) is 97.2 Å². The predicted octanol–water partition coefficient (Wildman–Crippen LogP) is 11.5. The molecule has 0 fully saturated rings. The fraction of sp³-hybridized carbons (Fsp3) is 0.625. The van der Waals surface area contributed by atoms with Gasteiger partial charge in [0.1, 0.15) is 19.8 Å². The lowest BCUT2D eigenvalue weighted by molar-refractivity contribution is -0.870. The summed E-state index contributed by atoms with van der Waals surface area (Å²) >= 11 is 0. The highest BCUT2D eigenvalue weighted by atomic mass is 31.2. The highest BCUT2D eigenvalue weighted by Gasteiger charge is 2.27. The summed E-state index contributed by atoms with van der Waals surface area (Å²) in [6.07, 6.45) is 47.9. The average molecular weight is 847 g/mol. The molecule has 0 spiro atoms. The first-order chi connectivity index (χ1) is 28.4. The summed E-state index contributed by atoms with van der Waals surface area (Å²) in [6, 6.07) is 0. The molecule has 0 radical (unpaired) electrons. The van der Waals surface area contributed by atoms with Gasteiger partial charge in [-0.05, 0) is 77.0 Å². The van der Waals surface area contributed by atoms with Crippen LogP contribution in [-0.2, 0) is 32.7 Å². The molecule has 0 aliphatic rings. The fourth-order valence-corrected chi connectivity index (χ4v) is 5.97. The maximum Gasteiger partial charge on any atom is 0.472 e. The van der Waals surface area contributed by atoms with E-state index in [0.717, 1.165) is 44.9 Å². The number of phosphoric ester groups is 1. The number of likely N-dealkylation sites (N-methyl/N-ethyl adjacent to an activating group) is 1. The van der Waals surface area contributed by atoms with Gasteiger partial charge in [0.05, 0.1) is 33.9 Å². The fourth-order valence-electron chi connectivity index (χ4n) is 5.23. The number of nitrogens with zero attached hydrogens (tertiary/aromatic N) is 1. The number of carbonyl (C=O) groups is 2. The number of hydrogen-bond donors (Lipinski definition) is 2. The summed E-state index contributed by atoms with van der Waals surface area (Å²) in [6.45, 7) is 3.99. The molecule has 2 N–H and O–H groups in total. The van der Waals surface area contributed by atoms with E-state index in [0.29, 0.717) is 36.7 Å². The standard InChI is InChI=1S/C48H80NO9P/c1-6-8-10-12-14-16-18-20-21-22-23-25-27-29-31-33-35-39-48(52)58-46(44-57-59(53,54)56-42-41-49(3,4)5)43-55-47(51)40-36-38-45(50)37-34-32-30-28-26-24-19-17-15-13-11-9-7-2/h9,11,15,17,20-21,23-26,29-32,34,37,45-46,50H,6-8,10,12-14,16,18-19,22,27-28,33,35-36,38-44H2,1-5H3/p+1/b11-9-,17-15-,21-20-,25-23-,26-24-,31-29-,32-30-,37-34+/t45?,46-/m1/s1. The Bertz CT molecular complexity index is 1340. The van der Waals surface area contributed by atoms with Crippen LogP contribution in [0.2, 0.25) is 0 Å². The lowest BCUT2D eigenvalue weighted by Gasteiger charge is -2.24. The van der Waals surface area contributed by atoms with Gasteiger partial charge in [0.2, 0.25) is 0 Å². The molecule has 0 saturated heterocycles. The minimum absolute atomic E-state index is 0.0130. The normalized spacial score (nSPS) is 15.0. The third-order valence-corrected chi connectivity index (χ3v) is 9.69. The molecule has 336 valence electrons. The van der Waals surface area contributed by atoms with Gasteiger partial charge in [0.15, 0.2) is 6.10 Å². The van der Waals surface area contributed by atoms with Crippen LogP contribution in [0.3, 0.4) is 0 Å². The Morgan fingerprint density at radius 3 is 1.78 bits per heavy atom. The van der Waals surface area contributed by atoms with Crippen LogP contribution in [0.15, 0.2) is 97.2 Å². The molecule has 0 aromatic heterocycles. The molecule has 10 nitrogen and oxygen atoms in total. The quantitative estimate of drug-likeness (QED) is 0.0156. The molecule has 0 saturated carbocycles. The number of ether oxygens (including phenoxy) is 2. The zero-order valence-electron chi connectivity index (χ0n) is 37.3. The summed E-state index contributed by atoms with van der Waals surface area (Å²) < 4.78 is 34.1. The molecule has 11 heteroatoms. The number of carbonyl (C=O) groups excluding carboxylic acids is 2. The molecule has 2 unspecified atom stereocenters. The van der Waals surface area contributed by atoms with E-state index in [1.165, 1.54) is 38.5 Å². The molecular formula is C48H81NO9P+. The predicted molar refractivity (Wildman–Crippen MR) is 244 cm³/mol. The van der Waals surface area contributed by atoms with Crippen LogP contribution in [0.25, 0.3) is 0 Å². The third kappa shape index (κ3) is 42.8. The number of aliphatic hydroxyl groups excluding tert-OH is 1. The van der Waals surface area contributed by atoms with Gasteiger partial charge in [0, 0.05) is 12.8 Å². The topological polar surface area (TPSA) is 129 Å². The summed E-state index contributed by atoms with van der Waals surface area (Å²) in [5.41, 5.74) is 0. The number of esters is 2. The molecule has 0 aliphatic heterocycles. The Labute approximate surface area is 358 Å².